The third-order valence-electron chi connectivity index (χ3n) is 2.98. The highest BCUT2D eigenvalue weighted by molar-refractivity contribution is 7.91. The molecule has 0 amide bonds. The Morgan fingerprint density at radius 3 is 2.47 bits per heavy atom. The summed E-state index contributed by atoms with van der Waals surface area (Å²) in [4.78, 5) is 1.10. The molecule has 19 heavy (non-hydrogen) atoms. The second-order valence-corrected chi connectivity index (χ2v) is 8.01. The van der Waals surface area contributed by atoms with Crippen LogP contribution in [-0.4, -0.2) is 31.9 Å². The summed E-state index contributed by atoms with van der Waals surface area (Å²) in [7, 11) is -3.35. The molecule has 1 aromatic heterocycles. The number of rotatable bonds is 7. The highest BCUT2D eigenvalue weighted by atomic mass is 32.2. The molecule has 0 radical (unpaired) electrons. The molecule has 1 rings (SSSR count). The molecule has 0 aromatic carbocycles. The fourth-order valence-electron chi connectivity index (χ4n) is 1.96. The van der Waals surface area contributed by atoms with Gasteiger partial charge < -0.3 is 5.32 Å². The number of aryl methyl sites for hydroxylation is 1. The Bertz CT molecular complexity index is 507. The monoisotopic (exact) mass is 304 g/mol. The van der Waals surface area contributed by atoms with E-state index in [2.05, 4.69) is 5.32 Å². The molecule has 4 nitrogen and oxygen atoms in total. The Balaban J connectivity index is 3.08. The van der Waals surface area contributed by atoms with Gasteiger partial charge in [-0.25, -0.2) is 8.42 Å². The Hall–Kier alpha value is -0.430. The lowest BCUT2D eigenvalue weighted by Gasteiger charge is -2.23. The van der Waals surface area contributed by atoms with E-state index >= 15 is 0 Å². The molecule has 0 aliphatic rings. The van der Waals surface area contributed by atoms with Gasteiger partial charge in [0.1, 0.15) is 4.21 Å². The summed E-state index contributed by atoms with van der Waals surface area (Å²) in [6.07, 6.45) is 0. The van der Waals surface area contributed by atoms with Crippen LogP contribution < -0.4 is 5.32 Å². The molecule has 0 saturated carbocycles. The standard InChI is InChI=1S/C13H24N2O2S2/c1-6-14-9-12-11(5)8-13(18-12)19(16,17)15(7-2)10(3)4/h8,10,14H,6-7,9H2,1-5H3. The molecule has 0 fully saturated rings. The van der Waals surface area contributed by atoms with Crippen LogP contribution in [0.1, 0.15) is 38.1 Å². The largest absolute Gasteiger partial charge is 0.312 e. The number of thiophene rings is 1. The Morgan fingerprint density at radius 2 is 2.00 bits per heavy atom. The van der Waals surface area contributed by atoms with Crippen molar-refractivity contribution >= 4 is 21.4 Å². The van der Waals surface area contributed by atoms with Gasteiger partial charge in [0.25, 0.3) is 10.0 Å². The van der Waals surface area contributed by atoms with E-state index in [9.17, 15) is 8.42 Å². The molecular weight excluding hydrogens is 280 g/mol. The van der Waals surface area contributed by atoms with Crippen LogP contribution in [0.15, 0.2) is 10.3 Å². The lowest BCUT2D eigenvalue weighted by Crippen LogP contribution is -2.36. The summed E-state index contributed by atoms with van der Waals surface area (Å²) >= 11 is 1.38. The predicted octanol–water partition coefficient (Wildman–Crippen LogP) is 2.59. The fraction of sp³-hybridized carbons (Fsp3) is 0.692. The summed E-state index contributed by atoms with van der Waals surface area (Å²) < 4.78 is 27.1. The number of hydrogen-bond donors (Lipinski definition) is 1. The fourth-order valence-corrected chi connectivity index (χ4v) is 5.29. The van der Waals surface area contributed by atoms with Gasteiger partial charge in [-0.05, 0) is 38.9 Å². The Morgan fingerprint density at radius 1 is 1.37 bits per heavy atom. The molecule has 0 atom stereocenters. The van der Waals surface area contributed by atoms with Gasteiger partial charge in [-0.2, -0.15) is 4.31 Å². The minimum atomic E-state index is -3.35. The Labute approximate surface area is 120 Å². The molecule has 110 valence electrons. The zero-order valence-electron chi connectivity index (χ0n) is 12.4. The number of nitrogens with one attached hydrogen (secondary N) is 1. The van der Waals surface area contributed by atoms with Crippen molar-refractivity contribution in [2.75, 3.05) is 13.1 Å². The van der Waals surface area contributed by atoms with Crippen molar-refractivity contribution in [2.45, 2.75) is 51.4 Å². The van der Waals surface area contributed by atoms with Crippen LogP contribution in [0.3, 0.4) is 0 Å². The van der Waals surface area contributed by atoms with Gasteiger partial charge in [-0.3, -0.25) is 0 Å². The quantitative estimate of drug-likeness (QED) is 0.842. The van der Waals surface area contributed by atoms with E-state index in [4.69, 9.17) is 0 Å². The van der Waals surface area contributed by atoms with E-state index in [1.54, 1.807) is 6.07 Å². The van der Waals surface area contributed by atoms with Gasteiger partial charge in [-0.15, -0.1) is 11.3 Å². The topological polar surface area (TPSA) is 49.4 Å². The van der Waals surface area contributed by atoms with E-state index in [1.807, 2.05) is 34.6 Å². The van der Waals surface area contributed by atoms with Crippen molar-refractivity contribution in [3.8, 4) is 0 Å². The van der Waals surface area contributed by atoms with Crippen molar-refractivity contribution in [1.29, 1.82) is 0 Å². The third-order valence-corrected chi connectivity index (χ3v) is 6.82. The predicted molar refractivity (Wildman–Crippen MR) is 81.1 cm³/mol. The van der Waals surface area contributed by atoms with Crippen LogP contribution in [0, 0.1) is 6.92 Å². The summed E-state index contributed by atoms with van der Waals surface area (Å²) in [5.41, 5.74) is 1.05. The minimum absolute atomic E-state index is 0.0189. The smallest absolute Gasteiger partial charge is 0.252 e. The maximum absolute atomic E-state index is 12.6. The summed E-state index contributed by atoms with van der Waals surface area (Å²) in [5, 5.41) is 3.24. The van der Waals surface area contributed by atoms with Gasteiger partial charge >= 0.3 is 0 Å². The molecular formula is C13H24N2O2S2. The normalized spacial score (nSPS) is 12.6. The van der Waals surface area contributed by atoms with Gasteiger partial charge in [0.2, 0.25) is 0 Å². The first-order chi connectivity index (χ1) is 8.84. The summed E-state index contributed by atoms with van der Waals surface area (Å²) in [5.74, 6) is 0. The van der Waals surface area contributed by atoms with Crippen LogP contribution in [0.2, 0.25) is 0 Å². The van der Waals surface area contributed by atoms with E-state index in [0.29, 0.717) is 10.8 Å². The zero-order valence-corrected chi connectivity index (χ0v) is 14.0. The number of sulfonamides is 1. The molecule has 1 aromatic rings. The second kappa shape index (κ2) is 6.83. The first-order valence-electron chi connectivity index (χ1n) is 6.66. The van der Waals surface area contributed by atoms with Crippen LogP contribution >= 0.6 is 11.3 Å². The lowest BCUT2D eigenvalue weighted by molar-refractivity contribution is 0.370. The average molecular weight is 304 g/mol. The SMILES string of the molecule is CCNCc1sc(S(=O)(=O)N(CC)C(C)C)cc1C. The van der Waals surface area contributed by atoms with Crippen molar-refractivity contribution in [3.63, 3.8) is 0 Å². The zero-order chi connectivity index (χ0) is 14.6. The molecule has 0 unspecified atom stereocenters. The van der Waals surface area contributed by atoms with Gasteiger partial charge in [0.05, 0.1) is 0 Å². The molecule has 0 spiro atoms. The third kappa shape index (κ3) is 3.78. The molecule has 0 aliphatic heterocycles. The highest BCUT2D eigenvalue weighted by Crippen LogP contribution is 2.29. The molecule has 6 heteroatoms. The van der Waals surface area contributed by atoms with Crippen LogP contribution in [0.4, 0.5) is 0 Å². The van der Waals surface area contributed by atoms with E-state index < -0.39 is 10.0 Å². The van der Waals surface area contributed by atoms with Crippen molar-refractivity contribution in [2.24, 2.45) is 0 Å². The molecule has 1 N–H and O–H groups in total. The van der Waals surface area contributed by atoms with E-state index in [1.165, 1.54) is 15.6 Å². The highest BCUT2D eigenvalue weighted by Gasteiger charge is 2.27. The molecule has 1 heterocycles. The van der Waals surface area contributed by atoms with Crippen LogP contribution in [-0.2, 0) is 16.6 Å². The maximum atomic E-state index is 12.6. The lowest BCUT2D eigenvalue weighted by atomic mass is 10.3. The number of nitrogens with zero attached hydrogens (tertiary/aromatic N) is 1. The summed E-state index contributed by atoms with van der Waals surface area (Å²) in [6, 6.07) is 1.77. The first kappa shape index (κ1) is 16.6. The van der Waals surface area contributed by atoms with Crippen LogP contribution in [0.25, 0.3) is 0 Å². The second-order valence-electron chi connectivity index (χ2n) is 4.75. The van der Waals surface area contributed by atoms with Crippen molar-refractivity contribution in [1.82, 2.24) is 9.62 Å². The summed E-state index contributed by atoms with van der Waals surface area (Å²) in [6.45, 7) is 11.8. The molecule has 0 aliphatic carbocycles. The minimum Gasteiger partial charge on any atom is -0.312 e. The van der Waals surface area contributed by atoms with Gasteiger partial charge in [-0.1, -0.05) is 13.8 Å². The molecule has 0 bridgehead atoms. The average Bonchev–Trinajstić information content (AvgIpc) is 2.68. The van der Waals surface area contributed by atoms with Gasteiger partial charge in [0, 0.05) is 24.0 Å². The van der Waals surface area contributed by atoms with Crippen molar-refractivity contribution < 1.29 is 8.42 Å². The van der Waals surface area contributed by atoms with E-state index in [0.717, 1.165) is 23.5 Å². The maximum Gasteiger partial charge on any atom is 0.252 e. The van der Waals surface area contributed by atoms with Gasteiger partial charge in [0.15, 0.2) is 0 Å². The Kier molecular flexibility index (Phi) is 5.98. The van der Waals surface area contributed by atoms with Crippen LogP contribution in [0.5, 0.6) is 0 Å². The first-order valence-corrected chi connectivity index (χ1v) is 8.92. The molecule has 0 saturated heterocycles. The number of hydrogen-bond acceptors (Lipinski definition) is 4. The van der Waals surface area contributed by atoms with Crippen molar-refractivity contribution in [3.05, 3.63) is 16.5 Å². The van der Waals surface area contributed by atoms with E-state index in [-0.39, 0.29) is 6.04 Å².